The number of sulfonamides is 1. The summed E-state index contributed by atoms with van der Waals surface area (Å²) in [7, 11) is -3.61. The number of thioether (sulfide) groups is 1. The Morgan fingerprint density at radius 1 is 1.21 bits per heavy atom. The van der Waals surface area contributed by atoms with E-state index < -0.39 is 10.0 Å². The molecular formula is C19H25N3O4S2. The monoisotopic (exact) mass is 423 g/mol. The van der Waals surface area contributed by atoms with Gasteiger partial charge in [-0.15, -0.1) is 11.8 Å². The number of carbonyl (C=O) groups excluding carboxylic acids is 2. The van der Waals surface area contributed by atoms with E-state index in [-0.39, 0.29) is 35.0 Å². The maximum Gasteiger partial charge on any atom is 0.243 e. The van der Waals surface area contributed by atoms with Gasteiger partial charge in [0, 0.05) is 24.0 Å². The topological polar surface area (TPSA) is 86.8 Å². The van der Waals surface area contributed by atoms with Gasteiger partial charge < -0.3 is 10.2 Å². The van der Waals surface area contributed by atoms with Crippen molar-refractivity contribution in [2.24, 2.45) is 5.92 Å². The van der Waals surface area contributed by atoms with Gasteiger partial charge in [0.2, 0.25) is 21.8 Å². The summed E-state index contributed by atoms with van der Waals surface area (Å²) in [6.07, 6.45) is 3.66. The minimum Gasteiger partial charge on any atom is -0.352 e. The van der Waals surface area contributed by atoms with Gasteiger partial charge in [-0.25, -0.2) is 8.42 Å². The van der Waals surface area contributed by atoms with E-state index in [0.29, 0.717) is 24.7 Å². The molecule has 1 N–H and O–H groups in total. The minimum atomic E-state index is -3.61. The van der Waals surface area contributed by atoms with Gasteiger partial charge in [-0.1, -0.05) is 6.92 Å². The summed E-state index contributed by atoms with van der Waals surface area (Å²) in [5.74, 6) is 0.404. The van der Waals surface area contributed by atoms with Gasteiger partial charge in [0.05, 0.1) is 16.3 Å². The quantitative estimate of drug-likeness (QED) is 0.781. The third-order valence-electron chi connectivity index (χ3n) is 5.50. The third kappa shape index (κ3) is 4.06. The minimum absolute atomic E-state index is 0.0758. The van der Waals surface area contributed by atoms with Crippen molar-refractivity contribution in [3.8, 4) is 0 Å². The van der Waals surface area contributed by atoms with E-state index >= 15 is 0 Å². The number of hydrogen-bond acceptors (Lipinski definition) is 5. The Labute approximate surface area is 169 Å². The fourth-order valence-electron chi connectivity index (χ4n) is 3.53. The lowest BCUT2D eigenvalue weighted by atomic mass is 10.0. The van der Waals surface area contributed by atoms with Crippen molar-refractivity contribution in [3.05, 3.63) is 18.2 Å². The first-order valence-corrected chi connectivity index (χ1v) is 12.1. The van der Waals surface area contributed by atoms with Crippen LogP contribution in [0.2, 0.25) is 0 Å². The molecule has 2 amide bonds. The van der Waals surface area contributed by atoms with Gasteiger partial charge in [-0.05, 0) is 49.8 Å². The molecule has 9 heteroatoms. The van der Waals surface area contributed by atoms with Crippen LogP contribution >= 0.6 is 11.8 Å². The Morgan fingerprint density at radius 3 is 2.61 bits per heavy atom. The summed E-state index contributed by atoms with van der Waals surface area (Å²) in [5, 5.41) is 2.89. The Morgan fingerprint density at radius 2 is 1.93 bits per heavy atom. The van der Waals surface area contributed by atoms with E-state index in [1.807, 2.05) is 0 Å². The second kappa shape index (κ2) is 7.68. The highest BCUT2D eigenvalue weighted by Gasteiger charge is 2.32. The number of carbonyl (C=O) groups is 2. The predicted molar refractivity (Wildman–Crippen MR) is 108 cm³/mol. The predicted octanol–water partition coefficient (Wildman–Crippen LogP) is 1.82. The molecule has 1 aliphatic carbocycles. The van der Waals surface area contributed by atoms with Gasteiger partial charge in [-0.3, -0.25) is 9.59 Å². The highest BCUT2D eigenvalue weighted by molar-refractivity contribution is 8.00. The number of piperidine rings is 1. The number of fused-ring (bicyclic) bond motifs is 1. The lowest BCUT2D eigenvalue weighted by Crippen LogP contribution is -2.44. The van der Waals surface area contributed by atoms with Crippen LogP contribution in [0.3, 0.4) is 0 Å². The molecule has 2 fully saturated rings. The summed E-state index contributed by atoms with van der Waals surface area (Å²) in [6, 6.07) is 5.13. The summed E-state index contributed by atoms with van der Waals surface area (Å²) in [6.45, 7) is 3.09. The molecule has 7 nitrogen and oxygen atoms in total. The lowest BCUT2D eigenvalue weighted by molar-refractivity contribution is -0.123. The van der Waals surface area contributed by atoms with Crippen LogP contribution in [-0.4, -0.2) is 56.0 Å². The molecule has 1 saturated heterocycles. The van der Waals surface area contributed by atoms with E-state index in [9.17, 15) is 18.0 Å². The molecule has 4 rings (SSSR count). The smallest absolute Gasteiger partial charge is 0.243 e. The average molecular weight is 424 g/mol. The van der Waals surface area contributed by atoms with Crippen LogP contribution in [0.4, 0.5) is 5.69 Å². The number of hydrogen-bond donors (Lipinski definition) is 1. The zero-order valence-corrected chi connectivity index (χ0v) is 17.5. The Balaban J connectivity index is 1.60. The van der Waals surface area contributed by atoms with Crippen molar-refractivity contribution in [3.63, 3.8) is 0 Å². The van der Waals surface area contributed by atoms with Gasteiger partial charge in [-0.2, -0.15) is 4.31 Å². The SMILES string of the molecule is CC1CCN(S(=O)(=O)c2ccc3c(c2)N(CC(=O)NC2CC2)C(=O)CS3)CC1. The normalized spacial score (nSPS) is 21.5. The molecule has 0 aromatic heterocycles. The van der Waals surface area contributed by atoms with E-state index in [2.05, 4.69) is 12.2 Å². The molecule has 0 bridgehead atoms. The van der Waals surface area contributed by atoms with Crippen LogP contribution in [0, 0.1) is 5.92 Å². The molecule has 152 valence electrons. The van der Waals surface area contributed by atoms with Crippen molar-refractivity contribution in [1.82, 2.24) is 9.62 Å². The van der Waals surface area contributed by atoms with Crippen molar-refractivity contribution < 1.29 is 18.0 Å². The average Bonchev–Trinajstić information content (AvgIpc) is 3.48. The van der Waals surface area contributed by atoms with Gasteiger partial charge in [0.25, 0.3) is 0 Å². The molecule has 28 heavy (non-hydrogen) atoms. The summed E-state index contributed by atoms with van der Waals surface area (Å²) in [4.78, 5) is 27.1. The van der Waals surface area contributed by atoms with Gasteiger partial charge in [0.15, 0.2) is 0 Å². The zero-order chi connectivity index (χ0) is 19.9. The number of amides is 2. The number of nitrogens with one attached hydrogen (secondary N) is 1. The Bertz CT molecular complexity index is 890. The highest BCUT2D eigenvalue weighted by atomic mass is 32.2. The zero-order valence-electron chi connectivity index (χ0n) is 15.9. The van der Waals surface area contributed by atoms with E-state index in [4.69, 9.17) is 0 Å². The molecule has 1 aromatic rings. The maximum atomic E-state index is 13.1. The summed E-state index contributed by atoms with van der Waals surface area (Å²) in [5.41, 5.74) is 0.513. The molecule has 3 aliphatic rings. The molecule has 0 radical (unpaired) electrons. The summed E-state index contributed by atoms with van der Waals surface area (Å²) >= 11 is 1.38. The van der Waals surface area contributed by atoms with Gasteiger partial charge >= 0.3 is 0 Å². The first kappa shape index (κ1) is 19.7. The molecule has 1 saturated carbocycles. The molecule has 2 aliphatic heterocycles. The van der Waals surface area contributed by atoms with Crippen LogP contribution < -0.4 is 10.2 Å². The maximum absolute atomic E-state index is 13.1. The van der Waals surface area contributed by atoms with Crippen molar-refractivity contribution in [1.29, 1.82) is 0 Å². The first-order valence-electron chi connectivity index (χ1n) is 9.71. The molecule has 0 atom stereocenters. The van der Waals surface area contributed by atoms with Crippen LogP contribution in [0.1, 0.15) is 32.6 Å². The second-order valence-corrected chi connectivity index (χ2v) is 10.8. The Hall–Kier alpha value is -1.58. The van der Waals surface area contributed by atoms with E-state index in [1.54, 1.807) is 18.2 Å². The fraction of sp³-hybridized carbons (Fsp3) is 0.579. The standard InChI is InChI=1S/C19H25N3O4S2/c1-13-6-8-21(9-7-13)28(25,26)15-4-5-17-16(10-15)22(19(24)12-27-17)11-18(23)20-14-2-3-14/h4-5,10,13-14H,2-3,6-9,11-12H2,1H3,(H,20,23). The molecule has 0 unspecified atom stereocenters. The molecular weight excluding hydrogens is 398 g/mol. The van der Waals surface area contributed by atoms with Crippen LogP contribution in [-0.2, 0) is 19.6 Å². The van der Waals surface area contributed by atoms with Crippen LogP contribution in [0.25, 0.3) is 0 Å². The largest absolute Gasteiger partial charge is 0.352 e. The third-order valence-corrected chi connectivity index (χ3v) is 8.44. The fourth-order valence-corrected chi connectivity index (χ4v) is 5.94. The molecule has 0 spiro atoms. The Kier molecular flexibility index (Phi) is 5.41. The summed E-state index contributed by atoms with van der Waals surface area (Å²) < 4.78 is 27.7. The van der Waals surface area contributed by atoms with Crippen molar-refractivity contribution in [2.75, 3.05) is 30.3 Å². The van der Waals surface area contributed by atoms with Crippen LogP contribution in [0.15, 0.2) is 28.0 Å². The van der Waals surface area contributed by atoms with Gasteiger partial charge in [0.1, 0.15) is 6.54 Å². The highest BCUT2D eigenvalue weighted by Crippen LogP contribution is 2.37. The second-order valence-electron chi connectivity index (χ2n) is 7.83. The van der Waals surface area contributed by atoms with Crippen molar-refractivity contribution >= 4 is 39.3 Å². The lowest BCUT2D eigenvalue weighted by Gasteiger charge is -2.31. The molecule has 1 aromatic carbocycles. The van der Waals surface area contributed by atoms with E-state index in [1.165, 1.54) is 21.0 Å². The van der Waals surface area contributed by atoms with E-state index in [0.717, 1.165) is 30.6 Å². The number of rotatable bonds is 5. The number of nitrogens with zero attached hydrogens (tertiary/aromatic N) is 2. The molecule has 2 heterocycles. The number of benzene rings is 1. The number of anilines is 1. The van der Waals surface area contributed by atoms with Crippen molar-refractivity contribution in [2.45, 2.75) is 48.4 Å². The van der Waals surface area contributed by atoms with Crippen LogP contribution in [0.5, 0.6) is 0 Å². The first-order chi connectivity index (χ1) is 13.3.